The second-order valence-electron chi connectivity index (χ2n) is 5.52. The molecule has 2 amide bonds. The third-order valence-electron chi connectivity index (χ3n) is 3.93. The lowest BCUT2D eigenvalue weighted by molar-refractivity contribution is 0.0847. The van der Waals surface area contributed by atoms with E-state index in [2.05, 4.69) is 17.8 Å². The van der Waals surface area contributed by atoms with Crippen LogP contribution in [0.3, 0.4) is 0 Å². The fourth-order valence-electron chi connectivity index (χ4n) is 2.48. The van der Waals surface area contributed by atoms with Crippen molar-refractivity contribution >= 4 is 22.6 Å². The van der Waals surface area contributed by atoms with E-state index >= 15 is 0 Å². The summed E-state index contributed by atoms with van der Waals surface area (Å²) < 4.78 is 0. The van der Waals surface area contributed by atoms with Gasteiger partial charge in [0.2, 0.25) is 0 Å². The van der Waals surface area contributed by atoms with Crippen molar-refractivity contribution in [3.05, 3.63) is 83.4 Å². The van der Waals surface area contributed by atoms with E-state index in [1.807, 2.05) is 42.5 Å². The van der Waals surface area contributed by atoms with Crippen LogP contribution < -0.4 is 10.9 Å². The maximum atomic E-state index is 12.2. The van der Waals surface area contributed by atoms with Crippen molar-refractivity contribution in [2.45, 2.75) is 13.3 Å². The minimum atomic E-state index is -0.348. The molecule has 0 bridgehead atoms. The Morgan fingerprint density at radius 3 is 2.00 bits per heavy atom. The van der Waals surface area contributed by atoms with E-state index in [1.165, 1.54) is 0 Å². The van der Waals surface area contributed by atoms with Crippen molar-refractivity contribution in [3.63, 3.8) is 0 Å². The lowest BCUT2D eigenvalue weighted by Gasteiger charge is -2.08. The molecule has 0 aliphatic carbocycles. The molecule has 0 atom stereocenters. The second kappa shape index (κ2) is 6.96. The monoisotopic (exact) mass is 318 g/mol. The fraction of sp³-hybridized carbons (Fsp3) is 0.100. The summed E-state index contributed by atoms with van der Waals surface area (Å²) in [6.45, 7) is 2.05. The predicted octanol–water partition coefficient (Wildman–Crippen LogP) is 3.48. The van der Waals surface area contributed by atoms with Gasteiger partial charge in [-0.15, -0.1) is 0 Å². The number of hydrogen-bond acceptors (Lipinski definition) is 2. The summed E-state index contributed by atoms with van der Waals surface area (Å²) in [7, 11) is 0. The number of rotatable bonds is 3. The maximum absolute atomic E-state index is 12.2. The van der Waals surface area contributed by atoms with Crippen molar-refractivity contribution < 1.29 is 9.59 Å². The first-order valence-electron chi connectivity index (χ1n) is 7.86. The highest BCUT2D eigenvalue weighted by Gasteiger charge is 2.09. The molecule has 2 N–H and O–H groups in total. The molecule has 24 heavy (non-hydrogen) atoms. The van der Waals surface area contributed by atoms with Gasteiger partial charge >= 0.3 is 0 Å². The van der Waals surface area contributed by atoms with E-state index in [0.717, 1.165) is 22.8 Å². The first-order valence-corrected chi connectivity index (χ1v) is 7.86. The summed E-state index contributed by atoms with van der Waals surface area (Å²) in [5.74, 6) is -0.689. The summed E-state index contributed by atoms with van der Waals surface area (Å²) in [6.07, 6.45) is 0.917. The van der Waals surface area contributed by atoms with Gasteiger partial charge in [0.05, 0.1) is 0 Å². The molecular formula is C20H18N2O2. The molecule has 3 rings (SSSR count). The molecule has 0 saturated heterocycles. The number of carbonyl (C=O) groups excluding carboxylic acids is 2. The van der Waals surface area contributed by atoms with E-state index in [-0.39, 0.29) is 11.8 Å². The molecule has 0 radical (unpaired) electrons. The Morgan fingerprint density at radius 2 is 1.33 bits per heavy atom. The van der Waals surface area contributed by atoms with Gasteiger partial charge in [-0.05, 0) is 47.0 Å². The van der Waals surface area contributed by atoms with Gasteiger partial charge in [-0.3, -0.25) is 20.4 Å². The standard InChI is InChI=1S/C20H18N2O2/c1-2-14-7-9-16(10-8-14)19(23)21-22-20(24)18-12-11-15-5-3-4-6-17(15)13-18/h3-13H,2H2,1H3,(H,21,23)(H,22,24). The maximum Gasteiger partial charge on any atom is 0.269 e. The van der Waals surface area contributed by atoms with Gasteiger partial charge in [0.25, 0.3) is 11.8 Å². The molecule has 0 spiro atoms. The molecule has 0 saturated carbocycles. The Labute approximate surface area is 140 Å². The number of hydrazine groups is 1. The van der Waals surface area contributed by atoms with Crippen molar-refractivity contribution in [3.8, 4) is 0 Å². The molecule has 0 aromatic heterocycles. The molecule has 0 fully saturated rings. The highest BCUT2D eigenvalue weighted by Crippen LogP contribution is 2.15. The van der Waals surface area contributed by atoms with E-state index in [9.17, 15) is 9.59 Å². The number of amides is 2. The van der Waals surface area contributed by atoms with Crippen LogP contribution in [-0.4, -0.2) is 11.8 Å². The normalized spacial score (nSPS) is 10.4. The Morgan fingerprint density at radius 1 is 0.750 bits per heavy atom. The highest BCUT2D eigenvalue weighted by atomic mass is 16.2. The lowest BCUT2D eigenvalue weighted by Crippen LogP contribution is -2.41. The van der Waals surface area contributed by atoms with Crippen LogP contribution in [0.25, 0.3) is 10.8 Å². The SMILES string of the molecule is CCc1ccc(C(=O)NNC(=O)c2ccc3ccccc3c2)cc1. The molecule has 4 heteroatoms. The van der Waals surface area contributed by atoms with Crippen LogP contribution in [0.4, 0.5) is 0 Å². The van der Waals surface area contributed by atoms with E-state index < -0.39 is 0 Å². The summed E-state index contributed by atoms with van der Waals surface area (Å²) in [4.78, 5) is 24.3. The molecule has 3 aromatic carbocycles. The first kappa shape index (κ1) is 15.7. The molecule has 0 heterocycles. The van der Waals surface area contributed by atoms with Crippen LogP contribution in [0.5, 0.6) is 0 Å². The molecule has 3 aromatic rings. The van der Waals surface area contributed by atoms with Gasteiger partial charge in [-0.1, -0.05) is 49.4 Å². The van der Waals surface area contributed by atoms with Gasteiger partial charge in [-0.25, -0.2) is 0 Å². The fourth-order valence-corrected chi connectivity index (χ4v) is 2.48. The summed E-state index contributed by atoms with van der Waals surface area (Å²) in [5.41, 5.74) is 7.06. The minimum absolute atomic E-state index is 0.341. The summed E-state index contributed by atoms with van der Waals surface area (Å²) >= 11 is 0. The number of benzene rings is 3. The molecule has 4 nitrogen and oxygen atoms in total. The number of aryl methyl sites for hydroxylation is 1. The molecule has 0 unspecified atom stereocenters. The predicted molar refractivity (Wildman–Crippen MR) is 94.7 cm³/mol. The largest absolute Gasteiger partial charge is 0.269 e. The van der Waals surface area contributed by atoms with Crippen LogP contribution in [0.15, 0.2) is 66.7 Å². The van der Waals surface area contributed by atoms with Crippen molar-refractivity contribution in [2.24, 2.45) is 0 Å². The van der Waals surface area contributed by atoms with Gasteiger partial charge in [0.1, 0.15) is 0 Å². The van der Waals surface area contributed by atoms with Crippen LogP contribution in [0, 0.1) is 0 Å². The second-order valence-corrected chi connectivity index (χ2v) is 5.52. The van der Waals surface area contributed by atoms with Crippen molar-refractivity contribution in [2.75, 3.05) is 0 Å². The third-order valence-corrected chi connectivity index (χ3v) is 3.93. The summed E-state index contributed by atoms with van der Waals surface area (Å²) in [6, 6.07) is 20.5. The quantitative estimate of drug-likeness (QED) is 0.726. The number of fused-ring (bicyclic) bond motifs is 1. The van der Waals surface area contributed by atoms with E-state index in [0.29, 0.717) is 11.1 Å². The average molecular weight is 318 g/mol. The Bertz CT molecular complexity index is 886. The van der Waals surface area contributed by atoms with Gasteiger partial charge in [-0.2, -0.15) is 0 Å². The molecule has 0 aliphatic heterocycles. The Kier molecular flexibility index (Phi) is 4.57. The van der Waals surface area contributed by atoms with Crippen LogP contribution >= 0.6 is 0 Å². The van der Waals surface area contributed by atoms with Gasteiger partial charge in [0, 0.05) is 11.1 Å². The van der Waals surface area contributed by atoms with Crippen LogP contribution in [0.1, 0.15) is 33.2 Å². The molecular weight excluding hydrogens is 300 g/mol. The third kappa shape index (κ3) is 3.43. The number of hydrogen-bond donors (Lipinski definition) is 2. The zero-order valence-electron chi connectivity index (χ0n) is 13.4. The van der Waals surface area contributed by atoms with Gasteiger partial charge in [0.15, 0.2) is 0 Å². The first-order chi connectivity index (χ1) is 11.7. The smallest absolute Gasteiger partial charge is 0.267 e. The van der Waals surface area contributed by atoms with Gasteiger partial charge < -0.3 is 0 Å². The van der Waals surface area contributed by atoms with Crippen molar-refractivity contribution in [1.82, 2.24) is 10.9 Å². The van der Waals surface area contributed by atoms with Crippen LogP contribution in [-0.2, 0) is 6.42 Å². The summed E-state index contributed by atoms with van der Waals surface area (Å²) in [5, 5.41) is 2.04. The zero-order valence-corrected chi connectivity index (χ0v) is 13.4. The highest BCUT2D eigenvalue weighted by molar-refractivity contribution is 6.01. The zero-order chi connectivity index (χ0) is 16.9. The number of nitrogens with one attached hydrogen (secondary N) is 2. The Balaban J connectivity index is 1.66. The average Bonchev–Trinajstić information content (AvgIpc) is 2.65. The number of carbonyl (C=O) groups is 2. The Hall–Kier alpha value is -3.14. The van der Waals surface area contributed by atoms with E-state index in [4.69, 9.17) is 0 Å². The molecule has 120 valence electrons. The topological polar surface area (TPSA) is 58.2 Å². The lowest BCUT2D eigenvalue weighted by atomic mass is 10.1. The van der Waals surface area contributed by atoms with Crippen molar-refractivity contribution in [1.29, 1.82) is 0 Å². The molecule has 0 aliphatic rings. The minimum Gasteiger partial charge on any atom is -0.267 e. The van der Waals surface area contributed by atoms with Crippen LogP contribution in [0.2, 0.25) is 0 Å². The van der Waals surface area contributed by atoms with E-state index in [1.54, 1.807) is 24.3 Å².